The summed E-state index contributed by atoms with van der Waals surface area (Å²) >= 11 is 1.39. The minimum absolute atomic E-state index is 0.0897. The molecular formula is C19H20FN3O2S. The van der Waals surface area contributed by atoms with Gasteiger partial charge in [0.05, 0.1) is 5.39 Å². The van der Waals surface area contributed by atoms with E-state index >= 15 is 0 Å². The fourth-order valence-electron chi connectivity index (χ4n) is 3.76. The molecule has 4 rings (SSSR count). The molecule has 0 saturated carbocycles. The number of benzene rings is 1. The molecule has 1 aliphatic rings. The second kappa shape index (κ2) is 6.48. The Labute approximate surface area is 153 Å². The maximum Gasteiger partial charge on any atom is 0.329 e. The van der Waals surface area contributed by atoms with Gasteiger partial charge in [0.2, 0.25) is 0 Å². The highest BCUT2D eigenvalue weighted by atomic mass is 32.1. The Morgan fingerprint density at radius 1 is 1.15 bits per heavy atom. The van der Waals surface area contributed by atoms with Crippen LogP contribution in [0.15, 0.2) is 33.9 Å². The van der Waals surface area contributed by atoms with Crippen LogP contribution in [0.2, 0.25) is 0 Å². The normalized spacial score (nSPS) is 16.4. The highest BCUT2D eigenvalue weighted by molar-refractivity contribution is 7.19. The number of hydrogen-bond acceptors (Lipinski definition) is 4. The second-order valence-corrected chi connectivity index (χ2v) is 8.11. The lowest BCUT2D eigenvalue weighted by molar-refractivity contribution is 0.216. The molecule has 136 valence electrons. The van der Waals surface area contributed by atoms with Crippen LogP contribution in [0, 0.1) is 12.7 Å². The molecule has 3 aromatic rings. The first kappa shape index (κ1) is 17.2. The monoisotopic (exact) mass is 373 g/mol. The van der Waals surface area contributed by atoms with Crippen LogP contribution in [-0.2, 0) is 0 Å². The molecule has 1 saturated heterocycles. The summed E-state index contributed by atoms with van der Waals surface area (Å²) in [6.07, 6.45) is 1.56. The number of aryl methyl sites for hydroxylation is 1. The van der Waals surface area contributed by atoms with E-state index in [9.17, 15) is 14.0 Å². The number of thiophene rings is 1. The van der Waals surface area contributed by atoms with Crippen molar-refractivity contribution < 1.29 is 4.39 Å². The molecule has 0 bridgehead atoms. The number of halogens is 1. The van der Waals surface area contributed by atoms with Crippen molar-refractivity contribution in [3.8, 4) is 11.1 Å². The average molecular weight is 373 g/mol. The molecule has 0 aliphatic carbocycles. The predicted octanol–water partition coefficient (Wildman–Crippen LogP) is 3.13. The van der Waals surface area contributed by atoms with Crippen LogP contribution in [0.4, 0.5) is 4.39 Å². The van der Waals surface area contributed by atoms with E-state index in [1.54, 1.807) is 12.1 Å². The van der Waals surface area contributed by atoms with Crippen LogP contribution in [0.5, 0.6) is 0 Å². The van der Waals surface area contributed by atoms with Gasteiger partial charge in [0.15, 0.2) is 0 Å². The third-order valence-corrected chi connectivity index (χ3v) is 6.16. The van der Waals surface area contributed by atoms with Crippen molar-refractivity contribution in [3.63, 3.8) is 0 Å². The summed E-state index contributed by atoms with van der Waals surface area (Å²) in [5.41, 5.74) is 0.980. The number of H-pyrrole nitrogens is 1. The van der Waals surface area contributed by atoms with E-state index in [0.29, 0.717) is 10.2 Å². The summed E-state index contributed by atoms with van der Waals surface area (Å²) in [5, 5.41) is 0.526. The van der Waals surface area contributed by atoms with Gasteiger partial charge in [0, 0.05) is 16.5 Å². The zero-order chi connectivity index (χ0) is 18.4. The van der Waals surface area contributed by atoms with Crippen LogP contribution in [-0.4, -0.2) is 34.6 Å². The Morgan fingerprint density at radius 3 is 2.46 bits per heavy atom. The molecule has 1 aliphatic heterocycles. The van der Waals surface area contributed by atoms with Crippen molar-refractivity contribution in [3.05, 3.63) is 55.8 Å². The minimum atomic E-state index is -0.344. The summed E-state index contributed by atoms with van der Waals surface area (Å²) in [7, 11) is 2.04. The quantitative estimate of drug-likeness (QED) is 0.751. The Bertz CT molecular complexity index is 1070. The first-order valence-corrected chi connectivity index (χ1v) is 9.49. The molecule has 0 spiro atoms. The average Bonchev–Trinajstić information content (AvgIpc) is 2.93. The maximum atomic E-state index is 13.3. The van der Waals surface area contributed by atoms with Gasteiger partial charge >= 0.3 is 5.69 Å². The van der Waals surface area contributed by atoms with E-state index in [2.05, 4.69) is 9.88 Å². The number of hydrogen-bond donors (Lipinski definition) is 1. The molecule has 0 radical (unpaired) electrons. The second-order valence-electron chi connectivity index (χ2n) is 6.88. The van der Waals surface area contributed by atoms with Crippen LogP contribution in [0.25, 0.3) is 21.3 Å². The number of nitrogens with zero attached hydrogens (tertiary/aromatic N) is 2. The largest absolute Gasteiger partial charge is 0.329 e. The van der Waals surface area contributed by atoms with Crippen molar-refractivity contribution in [2.45, 2.75) is 25.8 Å². The molecular weight excluding hydrogens is 353 g/mol. The molecule has 7 heteroatoms. The fraction of sp³-hybridized carbons (Fsp3) is 0.368. The van der Waals surface area contributed by atoms with Crippen LogP contribution >= 0.6 is 11.3 Å². The van der Waals surface area contributed by atoms with Gasteiger partial charge in [-0.25, -0.2) is 9.18 Å². The van der Waals surface area contributed by atoms with Gasteiger partial charge in [-0.3, -0.25) is 14.3 Å². The molecule has 26 heavy (non-hydrogen) atoms. The molecule has 0 amide bonds. The van der Waals surface area contributed by atoms with Crippen LogP contribution in [0.3, 0.4) is 0 Å². The fourth-order valence-corrected chi connectivity index (χ4v) is 4.81. The standard InChI is InChI=1S/C19H20FN3O2S/c1-11-15(12-3-5-13(20)6-4-12)16-17(26-11)21-19(25)23(18(16)24)14-7-9-22(2)10-8-14/h3-6,14H,7-10H2,1-2H3,(H,21,25). The van der Waals surface area contributed by atoms with Crippen molar-refractivity contribution in [1.29, 1.82) is 0 Å². The van der Waals surface area contributed by atoms with Crippen molar-refractivity contribution in [2.24, 2.45) is 0 Å². The summed E-state index contributed by atoms with van der Waals surface area (Å²) in [5.74, 6) is -0.317. The van der Waals surface area contributed by atoms with Crippen molar-refractivity contribution in [1.82, 2.24) is 14.5 Å². The summed E-state index contributed by atoms with van der Waals surface area (Å²) in [4.78, 5) is 32.5. The first-order chi connectivity index (χ1) is 12.5. The van der Waals surface area contributed by atoms with Gasteiger partial charge in [-0.1, -0.05) is 12.1 Å². The SMILES string of the molecule is Cc1sc2[nH]c(=O)n(C3CCN(C)CC3)c(=O)c2c1-c1ccc(F)cc1. The first-order valence-electron chi connectivity index (χ1n) is 8.68. The Morgan fingerprint density at radius 2 is 1.81 bits per heavy atom. The van der Waals surface area contributed by atoms with Crippen molar-refractivity contribution in [2.75, 3.05) is 20.1 Å². The van der Waals surface area contributed by atoms with E-state index in [-0.39, 0.29) is 23.1 Å². The van der Waals surface area contributed by atoms with Gasteiger partial charge in [-0.05, 0) is 57.6 Å². The third-order valence-electron chi connectivity index (χ3n) is 5.14. The van der Waals surface area contributed by atoms with Gasteiger partial charge in [0.1, 0.15) is 10.6 Å². The molecule has 1 aromatic carbocycles. The highest BCUT2D eigenvalue weighted by Gasteiger charge is 2.24. The minimum Gasteiger partial charge on any atom is -0.306 e. The smallest absolute Gasteiger partial charge is 0.306 e. The summed E-state index contributed by atoms with van der Waals surface area (Å²) < 4.78 is 14.7. The van der Waals surface area contributed by atoms with Crippen molar-refractivity contribution >= 4 is 21.6 Å². The number of likely N-dealkylation sites (tertiary alicyclic amines) is 1. The lowest BCUT2D eigenvalue weighted by Crippen LogP contribution is -2.42. The predicted molar refractivity (Wildman–Crippen MR) is 103 cm³/mol. The number of nitrogens with one attached hydrogen (secondary N) is 1. The Balaban J connectivity index is 1.93. The maximum absolute atomic E-state index is 13.3. The molecule has 1 fully saturated rings. The number of aromatic amines is 1. The van der Waals surface area contributed by atoms with E-state index in [1.165, 1.54) is 28.0 Å². The summed E-state index contributed by atoms with van der Waals surface area (Å²) in [6, 6.07) is 6.04. The zero-order valence-electron chi connectivity index (χ0n) is 14.7. The molecule has 1 N–H and O–H groups in total. The van der Waals surface area contributed by atoms with Crippen LogP contribution < -0.4 is 11.2 Å². The summed E-state index contributed by atoms with van der Waals surface area (Å²) in [6.45, 7) is 3.64. The molecule has 3 heterocycles. The van der Waals surface area contributed by atoms with Crippen LogP contribution in [0.1, 0.15) is 23.8 Å². The lowest BCUT2D eigenvalue weighted by Gasteiger charge is -2.29. The van der Waals surface area contributed by atoms with E-state index in [0.717, 1.165) is 41.9 Å². The van der Waals surface area contributed by atoms with E-state index in [4.69, 9.17) is 0 Å². The van der Waals surface area contributed by atoms with Gasteiger partial charge in [0.25, 0.3) is 5.56 Å². The molecule has 2 aromatic heterocycles. The number of aromatic nitrogens is 2. The lowest BCUT2D eigenvalue weighted by atomic mass is 10.0. The van der Waals surface area contributed by atoms with Gasteiger partial charge < -0.3 is 4.90 Å². The van der Waals surface area contributed by atoms with Gasteiger partial charge in [-0.15, -0.1) is 11.3 Å². The Hall–Kier alpha value is -2.25. The Kier molecular flexibility index (Phi) is 4.28. The number of fused-ring (bicyclic) bond motifs is 1. The topological polar surface area (TPSA) is 58.1 Å². The molecule has 5 nitrogen and oxygen atoms in total. The molecule has 0 atom stereocenters. The number of piperidine rings is 1. The van der Waals surface area contributed by atoms with E-state index in [1.807, 2.05) is 14.0 Å². The zero-order valence-corrected chi connectivity index (χ0v) is 15.5. The third kappa shape index (κ3) is 2.81. The highest BCUT2D eigenvalue weighted by Crippen LogP contribution is 2.35. The number of rotatable bonds is 2. The van der Waals surface area contributed by atoms with E-state index < -0.39 is 0 Å². The molecule has 0 unspecified atom stereocenters. The van der Waals surface area contributed by atoms with Gasteiger partial charge in [-0.2, -0.15) is 0 Å².